The maximum absolute atomic E-state index is 12.1. The minimum atomic E-state index is -0.232. The van der Waals surface area contributed by atoms with Crippen LogP contribution in [0.4, 0.5) is 11.4 Å². The summed E-state index contributed by atoms with van der Waals surface area (Å²) in [5.74, 6) is -0.424. The molecule has 1 aromatic heterocycles. The Balaban J connectivity index is 1.65. The molecule has 2 N–H and O–H groups in total. The van der Waals surface area contributed by atoms with Gasteiger partial charge in [-0.2, -0.15) is 0 Å². The van der Waals surface area contributed by atoms with E-state index in [1.165, 1.54) is 0 Å². The van der Waals surface area contributed by atoms with E-state index in [-0.39, 0.29) is 11.8 Å². The molecule has 2 amide bonds. The molecule has 5 nitrogen and oxygen atoms in total. The van der Waals surface area contributed by atoms with Gasteiger partial charge in [-0.1, -0.05) is 18.2 Å². The van der Waals surface area contributed by atoms with Gasteiger partial charge in [-0.25, -0.2) is 0 Å². The quantitative estimate of drug-likeness (QED) is 0.772. The molecule has 118 valence electrons. The third-order valence-electron chi connectivity index (χ3n) is 3.36. The Hall–Kier alpha value is -3.47. The number of amides is 2. The highest BCUT2D eigenvalue weighted by Crippen LogP contribution is 2.13. The Morgan fingerprint density at radius 3 is 1.92 bits per heavy atom. The van der Waals surface area contributed by atoms with Gasteiger partial charge in [0.1, 0.15) is 0 Å². The first-order valence-electron chi connectivity index (χ1n) is 7.40. The topological polar surface area (TPSA) is 71.1 Å². The van der Waals surface area contributed by atoms with E-state index >= 15 is 0 Å². The molecule has 0 saturated heterocycles. The molecule has 5 heteroatoms. The highest BCUT2D eigenvalue weighted by Gasteiger charge is 2.08. The van der Waals surface area contributed by atoms with Crippen LogP contribution in [0.1, 0.15) is 20.7 Å². The fourth-order valence-electron chi connectivity index (χ4n) is 2.14. The zero-order valence-corrected chi connectivity index (χ0v) is 12.8. The van der Waals surface area contributed by atoms with Gasteiger partial charge < -0.3 is 10.6 Å². The van der Waals surface area contributed by atoms with Crippen LogP contribution in [0.2, 0.25) is 0 Å². The largest absolute Gasteiger partial charge is 0.322 e. The van der Waals surface area contributed by atoms with Crippen molar-refractivity contribution in [2.24, 2.45) is 0 Å². The van der Waals surface area contributed by atoms with Crippen LogP contribution >= 0.6 is 0 Å². The second-order valence-corrected chi connectivity index (χ2v) is 5.09. The summed E-state index contributed by atoms with van der Waals surface area (Å²) in [6, 6.07) is 19.2. The van der Waals surface area contributed by atoms with Crippen LogP contribution in [0.15, 0.2) is 79.1 Å². The number of anilines is 2. The van der Waals surface area contributed by atoms with Crippen LogP contribution in [0.5, 0.6) is 0 Å². The summed E-state index contributed by atoms with van der Waals surface area (Å²) in [5.41, 5.74) is 2.33. The molecular weight excluding hydrogens is 302 g/mol. The second-order valence-electron chi connectivity index (χ2n) is 5.09. The zero-order chi connectivity index (χ0) is 16.8. The van der Waals surface area contributed by atoms with Gasteiger partial charge in [0.2, 0.25) is 0 Å². The molecule has 0 unspecified atom stereocenters. The lowest BCUT2D eigenvalue weighted by Crippen LogP contribution is -2.13. The number of carbonyl (C=O) groups excluding carboxylic acids is 2. The highest BCUT2D eigenvalue weighted by molar-refractivity contribution is 6.06. The number of hydrogen-bond donors (Lipinski definition) is 2. The maximum atomic E-state index is 12.1. The Morgan fingerprint density at radius 1 is 0.667 bits per heavy atom. The molecule has 0 bridgehead atoms. The predicted octanol–water partition coefficient (Wildman–Crippen LogP) is 3.59. The van der Waals surface area contributed by atoms with Crippen molar-refractivity contribution < 1.29 is 9.59 Å². The fraction of sp³-hybridized carbons (Fsp3) is 0. The van der Waals surface area contributed by atoms with Crippen molar-refractivity contribution in [1.82, 2.24) is 4.98 Å². The molecule has 24 heavy (non-hydrogen) atoms. The average molecular weight is 317 g/mol. The van der Waals surface area contributed by atoms with Crippen molar-refractivity contribution in [3.63, 3.8) is 0 Å². The van der Waals surface area contributed by atoms with Gasteiger partial charge in [-0.15, -0.1) is 0 Å². The van der Waals surface area contributed by atoms with Gasteiger partial charge in [0, 0.05) is 23.0 Å². The second kappa shape index (κ2) is 7.19. The van der Waals surface area contributed by atoms with Gasteiger partial charge in [0.05, 0.1) is 11.9 Å². The predicted molar refractivity (Wildman–Crippen MR) is 93.0 cm³/mol. The molecule has 0 aliphatic carbocycles. The van der Waals surface area contributed by atoms with E-state index in [9.17, 15) is 9.59 Å². The molecule has 0 radical (unpaired) electrons. The molecule has 1 heterocycles. The third-order valence-corrected chi connectivity index (χ3v) is 3.36. The standard InChI is InChI=1S/C19H15N3O2/c23-18(14-5-2-1-3-6-14)21-16-10-8-15(9-11-16)19(24)22-17-7-4-12-20-13-17/h1-13H,(H,21,23)(H,22,24). The van der Waals surface area contributed by atoms with Crippen LogP contribution in [-0.4, -0.2) is 16.8 Å². The SMILES string of the molecule is O=C(Nc1ccc(C(=O)Nc2cccnc2)cc1)c1ccccc1. The van der Waals surface area contributed by atoms with Crippen molar-refractivity contribution in [3.8, 4) is 0 Å². The summed E-state index contributed by atoms with van der Waals surface area (Å²) in [6.45, 7) is 0. The van der Waals surface area contributed by atoms with Gasteiger partial charge in [0.15, 0.2) is 0 Å². The van der Waals surface area contributed by atoms with Crippen LogP contribution in [0, 0.1) is 0 Å². The van der Waals surface area contributed by atoms with Crippen molar-refractivity contribution in [3.05, 3.63) is 90.3 Å². The van der Waals surface area contributed by atoms with Gasteiger partial charge in [-0.3, -0.25) is 14.6 Å². The van der Waals surface area contributed by atoms with Gasteiger partial charge >= 0.3 is 0 Å². The smallest absolute Gasteiger partial charge is 0.255 e. The van der Waals surface area contributed by atoms with Gasteiger partial charge in [0.25, 0.3) is 11.8 Å². The minimum Gasteiger partial charge on any atom is -0.322 e. The summed E-state index contributed by atoms with van der Waals surface area (Å²) >= 11 is 0. The molecule has 3 aromatic rings. The van der Waals surface area contributed by atoms with E-state index in [0.29, 0.717) is 22.5 Å². The lowest BCUT2D eigenvalue weighted by atomic mass is 10.1. The third kappa shape index (κ3) is 3.84. The van der Waals surface area contributed by atoms with Crippen molar-refractivity contribution in [2.45, 2.75) is 0 Å². The lowest BCUT2D eigenvalue weighted by molar-refractivity contribution is 0.102. The Morgan fingerprint density at radius 2 is 1.29 bits per heavy atom. The minimum absolute atomic E-state index is 0.192. The van der Waals surface area contributed by atoms with Crippen molar-refractivity contribution in [1.29, 1.82) is 0 Å². The first-order valence-corrected chi connectivity index (χ1v) is 7.40. The molecule has 0 aliphatic heterocycles. The zero-order valence-electron chi connectivity index (χ0n) is 12.8. The number of hydrogen-bond acceptors (Lipinski definition) is 3. The number of carbonyl (C=O) groups is 2. The van der Waals surface area contributed by atoms with Crippen LogP contribution < -0.4 is 10.6 Å². The number of nitrogens with one attached hydrogen (secondary N) is 2. The van der Waals surface area contributed by atoms with Crippen molar-refractivity contribution >= 4 is 23.2 Å². The summed E-state index contributed by atoms with van der Waals surface area (Å²) in [6.07, 6.45) is 3.21. The van der Waals surface area contributed by atoms with E-state index in [1.54, 1.807) is 73.1 Å². The molecule has 0 aliphatic rings. The molecule has 3 rings (SSSR count). The molecular formula is C19H15N3O2. The fourth-order valence-corrected chi connectivity index (χ4v) is 2.14. The van der Waals surface area contributed by atoms with E-state index in [1.807, 2.05) is 6.07 Å². The summed E-state index contributed by atoms with van der Waals surface area (Å²) in [7, 11) is 0. The number of benzene rings is 2. The van der Waals surface area contributed by atoms with E-state index in [0.717, 1.165) is 0 Å². The van der Waals surface area contributed by atoms with E-state index < -0.39 is 0 Å². The number of pyridine rings is 1. The Labute approximate surface area is 139 Å². The molecule has 2 aromatic carbocycles. The number of rotatable bonds is 4. The van der Waals surface area contributed by atoms with Gasteiger partial charge in [-0.05, 0) is 48.5 Å². The normalized spacial score (nSPS) is 10.0. The van der Waals surface area contributed by atoms with Crippen molar-refractivity contribution in [2.75, 3.05) is 10.6 Å². The van der Waals surface area contributed by atoms with Crippen LogP contribution in [0.3, 0.4) is 0 Å². The molecule has 0 spiro atoms. The molecule has 0 atom stereocenters. The Bertz CT molecular complexity index is 832. The summed E-state index contributed by atoms with van der Waals surface area (Å²) in [4.78, 5) is 28.2. The highest BCUT2D eigenvalue weighted by atomic mass is 16.2. The van der Waals surface area contributed by atoms with E-state index in [2.05, 4.69) is 15.6 Å². The number of nitrogens with zero attached hydrogens (tertiary/aromatic N) is 1. The van der Waals surface area contributed by atoms with E-state index in [4.69, 9.17) is 0 Å². The molecule has 0 fully saturated rings. The summed E-state index contributed by atoms with van der Waals surface area (Å²) < 4.78 is 0. The molecule has 0 saturated carbocycles. The monoisotopic (exact) mass is 317 g/mol. The van der Waals surface area contributed by atoms with Crippen LogP contribution in [-0.2, 0) is 0 Å². The summed E-state index contributed by atoms with van der Waals surface area (Å²) in [5, 5.41) is 5.55. The Kier molecular flexibility index (Phi) is 4.62. The lowest BCUT2D eigenvalue weighted by Gasteiger charge is -2.07. The average Bonchev–Trinajstić information content (AvgIpc) is 2.64. The van der Waals surface area contributed by atoms with Crippen LogP contribution in [0.25, 0.3) is 0 Å². The first kappa shape index (κ1) is 15.4. The number of aromatic nitrogens is 1. The first-order chi connectivity index (χ1) is 11.7. The maximum Gasteiger partial charge on any atom is 0.255 e.